The van der Waals surface area contributed by atoms with Crippen LogP contribution in [0.15, 0.2) is 18.2 Å². The van der Waals surface area contributed by atoms with Crippen molar-refractivity contribution in [1.82, 2.24) is 0 Å². The van der Waals surface area contributed by atoms with Gasteiger partial charge in [0.25, 0.3) is 0 Å². The second kappa shape index (κ2) is 6.62. The van der Waals surface area contributed by atoms with Crippen molar-refractivity contribution in [2.24, 2.45) is 0 Å². The minimum absolute atomic E-state index is 0.105. The Labute approximate surface area is 129 Å². The highest BCUT2D eigenvalue weighted by atomic mass is 32.2. The van der Waals surface area contributed by atoms with Gasteiger partial charge in [0.2, 0.25) is 5.75 Å². The average molecular weight is 329 g/mol. The Hall–Kier alpha value is -1.67. The number of benzene rings is 1. The predicted molar refractivity (Wildman–Crippen MR) is 80.6 cm³/mol. The molecule has 0 aliphatic carbocycles. The van der Waals surface area contributed by atoms with Crippen LogP contribution in [0, 0.1) is 10.1 Å². The third kappa shape index (κ3) is 3.75. The summed E-state index contributed by atoms with van der Waals surface area (Å²) in [5, 5.41) is 10.4. The molecule has 1 saturated heterocycles. The molecule has 7 nitrogen and oxygen atoms in total. The standard InChI is InChI=1S/C14H19NO6S/c1-10(2)11-3-4-13(15(16)17)14(9-11)21-22(18,19)12-5-7-20-8-6-12/h3-4,9-10,12H,5-8H2,1-2H3. The molecule has 22 heavy (non-hydrogen) atoms. The SMILES string of the molecule is CC(C)c1ccc([N+](=O)[O-])c(OS(=O)(=O)C2CCOCC2)c1. The van der Waals surface area contributed by atoms with E-state index in [1.54, 1.807) is 6.07 Å². The first-order valence-corrected chi connectivity index (χ1v) is 8.58. The second-order valence-corrected chi connectivity index (χ2v) is 7.35. The fourth-order valence-electron chi connectivity index (χ4n) is 2.27. The van der Waals surface area contributed by atoms with E-state index in [-0.39, 0.29) is 17.4 Å². The molecule has 2 rings (SSSR count). The Balaban J connectivity index is 2.33. The zero-order chi connectivity index (χ0) is 16.3. The third-order valence-electron chi connectivity index (χ3n) is 3.63. The number of nitrogens with zero attached hydrogens (tertiary/aromatic N) is 1. The van der Waals surface area contributed by atoms with Gasteiger partial charge >= 0.3 is 15.8 Å². The van der Waals surface area contributed by atoms with Crippen LogP contribution in [0.2, 0.25) is 0 Å². The summed E-state index contributed by atoms with van der Waals surface area (Å²) >= 11 is 0. The van der Waals surface area contributed by atoms with Crippen LogP contribution >= 0.6 is 0 Å². The smallest absolute Gasteiger partial charge is 0.312 e. The first kappa shape index (κ1) is 16.7. The van der Waals surface area contributed by atoms with E-state index in [1.165, 1.54) is 12.1 Å². The quantitative estimate of drug-likeness (QED) is 0.468. The minimum atomic E-state index is -3.92. The number of hydrogen-bond donors (Lipinski definition) is 0. The fraction of sp³-hybridized carbons (Fsp3) is 0.571. The van der Waals surface area contributed by atoms with Crippen molar-refractivity contribution in [3.63, 3.8) is 0 Å². The Kier molecular flexibility index (Phi) is 5.02. The molecule has 0 unspecified atom stereocenters. The molecule has 1 heterocycles. The van der Waals surface area contributed by atoms with Gasteiger partial charge in [0.1, 0.15) is 5.25 Å². The third-order valence-corrected chi connectivity index (χ3v) is 5.33. The van der Waals surface area contributed by atoms with Crippen LogP contribution in [0.3, 0.4) is 0 Å². The van der Waals surface area contributed by atoms with Gasteiger partial charge in [0.15, 0.2) is 0 Å². The number of hydrogen-bond acceptors (Lipinski definition) is 6. The molecule has 0 amide bonds. The van der Waals surface area contributed by atoms with Crippen LogP contribution in [0.5, 0.6) is 5.75 Å². The normalized spacial score (nSPS) is 16.7. The van der Waals surface area contributed by atoms with E-state index in [9.17, 15) is 18.5 Å². The lowest BCUT2D eigenvalue weighted by Gasteiger charge is -2.22. The van der Waals surface area contributed by atoms with Gasteiger partial charge in [-0.1, -0.05) is 19.9 Å². The lowest BCUT2D eigenvalue weighted by molar-refractivity contribution is -0.385. The summed E-state index contributed by atoms with van der Waals surface area (Å²) in [4.78, 5) is 10.4. The molecule has 0 saturated carbocycles. The van der Waals surface area contributed by atoms with Crippen molar-refractivity contribution < 1.29 is 22.3 Å². The van der Waals surface area contributed by atoms with Crippen LogP contribution in [0.1, 0.15) is 38.2 Å². The maximum absolute atomic E-state index is 12.3. The van der Waals surface area contributed by atoms with E-state index in [0.29, 0.717) is 26.1 Å². The van der Waals surface area contributed by atoms with Crippen LogP contribution < -0.4 is 4.18 Å². The molecule has 122 valence electrons. The maximum Gasteiger partial charge on any atom is 0.312 e. The van der Waals surface area contributed by atoms with Gasteiger partial charge in [-0.2, -0.15) is 8.42 Å². The molecule has 1 aromatic carbocycles. The lowest BCUT2D eigenvalue weighted by atomic mass is 10.0. The number of nitro groups is 1. The van der Waals surface area contributed by atoms with E-state index in [0.717, 1.165) is 5.56 Å². The zero-order valence-electron chi connectivity index (χ0n) is 12.5. The van der Waals surface area contributed by atoms with Crippen molar-refractivity contribution in [3.8, 4) is 5.75 Å². The molecule has 0 radical (unpaired) electrons. The monoisotopic (exact) mass is 329 g/mol. The fourth-order valence-corrected chi connectivity index (χ4v) is 3.55. The Morgan fingerprint density at radius 3 is 2.50 bits per heavy atom. The maximum atomic E-state index is 12.3. The summed E-state index contributed by atoms with van der Waals surface area (Å²) in [7, 11) is -3.92. The van der Waals surface area contributed by atoms with Gasteiger partial charge in [-0.3, -0.25) is 10.1 Å². The summed E-state index contributed by atoms with van der Waals surface area (Å²) in [5.41, 5.74) is 0.433. The first-order chi connectivity index (χ1) is 10.3. The average Bonchev–Trinajstić information content (AvgIpc) is 2.47. The number of nitro benzene ring substituents is 1. The molecular weight excluding hydrogens is 310 g/mol. The van der Waals surface area contributed by atoms with Gasteiger partial charge in [-0.05, 0) is 30.4 Å². The molecule has 1 aliphatic heterocycles. The minimum Gasteiger partial charge on any atom is -0.381 e. The Bertz CT molecular complexity index is 649. The van der Waals surface area contributed by atoms with Gasteiger partial charge in [-0.15, -0.1) is 0 Å². The van der Waals surface area contributed by atoms with E-state index in [4.69, 9.17) is 8.92 Å². The van der Waals surface area contributed by atoms with Gasteiger partial charge < -0.3 is 8.92 Å². The van der Waals surface area contributed by atoms with Crippen molar-refractivity contribution in [2.45, 2.75) is 37.9 Å². The molecule has 1 fully saturated rings. The van der Waals surface area contributed by atoms with E-state index >= 15 is 0 Å². The topological polar surface area (TPSA) is 95.7 Å². The second-order valence-electron chi connectivity index (χ2n) is 5.53. The molecule has 0 aromatic heterocycles. The van der Waals surface area contributed by atoms with E-state index < -0.39 is 20.3 Å². The summed E-state index contributed by atoms with van der Waals surface area (Å²) in [6, 6.07) is 4.32. The van der Waals surface area contributed by atoms with Gasteiger partial charge in [0, 0.05) is 19.3 Å². The molecule has 1 aromatic rings. The van der Waals surface area contributed by atoms with Crippen LogP contribution in [-0.4, -0.2) is 31.8 Å². The summed E-state index contributed by atoms with van der Waals surface area (Å²) in [6.45, 7) is 4.53. The highest BCUT2D eigenvalue weighted by molar-refractivity contribution is 7.87. The molecular formula is C14H19NO6S. The van der Waals surface area contributed by atoms with Crippen molar-refractivity contribution in [3.05, 3.63) is 33.9 Å². The van der Waals surface area contributed by atoms with E-state index in [1.807, 2.05) is 13.8 Å². The summed E-state index contributed by atoms with van der Waals surface area (Å²) < 4.78 is 34.9. The van der Waals surface area contributed by atoms with Crippen LogP contribution in [-0.2, 0) is 14.9 Å². The molecule has 0 bridgehead atoms. The number of rotatable bonds is 5. The van der Waals surface area contributed by atoms with E-state index in [2.05, 4.69) is 0 Å². The predicted octanol–water partition coefficient (Wildman–Crippen LogP) is 2.61. The highest BCUT2D eigenvalue weighted by Crippen LogP contribution is 2.33. The number of ether oxygens (including phenoxy) is 1. The van der Waals surface area contributed by atoms with Crippen LogP contribution in [0.4, 0.5) is 5.69 Å². The largest absolute Gasteiger partial charge is 0.381 e. The first-order valence-electron chi connectivity index (χ1n) is 7.10. The van der Waals surface area contributed by atoms with Crippen molar-refractivity contribution >= 4 is 15.8 Å². The molecule has 1 aliphatic rings. The lowest BCUT2D eigenvalue weighted by Crippen LogP contribution is -2.32. The van der Waals surface area contributed by atoms with Crippen molar-refractivity contribution in [2.75, 3.05) is 13.2 Å². The molecule has 8 heteroatoms. The Morgan fingerprint density at radius 1 is 1.32 bits per heavy atom. The highest BCUT2D eigenvalue weighted by Gasteiger charge is 2.32. The Morgan fingerprint density at radius 2 is 1.95 bits per heavy atom. The molecule has 0 spiro atoms. The van der Waals surface area contributed by atoms with Gasteiger partial charge in [0.05, 0.1) is 4.92 Å². The molecule has 0 N–H and O–H groups in total. The summed E-state index contributed by atoms with van der Waals surface area (Å²) in [6.07, 6.45) is 0.667. The van der Waals surface area contributed by atoms with Crippen LogP contribution in [0.25, 0.3) is 0 Å². The molecule has 0 atom stereocenters. The summed E-state index contributed by atoms with van der Waals surface area (Å²) in [5.74, 6) is -0.114. The zero-order valence-corrected chi connectivity index (χ0v) is 13.3. The van der Waals surface area contributed by atoms with Gasteiger partial charge in [-0.25, -0.2) is 0 Å². The van der Waals surface area contributed by atoms with Crippen molar-refractivity contribution in [1.29, 1.82) is 0 Å².